The first-order chi connectivity index (χ1) is 9.74. The zero-order valence-electron chi connectivity index (χ0n) is 13.8. The molecule has 0 unspecified atom stereocenters. The second-order valence-electron chi connectivity index (χ2n) is 7.11. The molecule has 5 nitrogen and oxygen atoms in total. The third-order valence-electron chi connectivity index (χ3n) is 4.22. The van der Waals surface area contributed by atoms with Gasteiger partial charge in [0, 0.05) is 11.6 Å². The van der Waals surface area contributed by atoms with Gasteiger partial charge in [-0.1, -0.05) is 19.8 Å². The second-order valence-corrected chi connectivity index (χ2v) is 7.11. The summed E-state index contributed by atoms with van der Waals surface area (Å²) in [5.74, 6) is -0.187. The number of carboxylic acids is 1. The number of hydrogen-bond acceptors (Lipinski definition) is 2. The van der Waals surface area contributed by atoms with Crippen molar-refractivity contribution in [3.63, 3.8) is 0 Å². The highest BCUT2D eigenvalue weighted by Crippen LogP contribution is 2.28. The molecule has 21 heavy (non-hydrogen) atoms. The van der Waals surface area contributed by atoms with Gasteiger partial charge in [0.25, 0.3) is 0 Å². The van der Waals surface area contributed by atoms with Crippen LogP contribution in [0.4, 0.5) is 4.79 Å². The van der Waals surface area contributed by atoms with E-state index < -0.39 is 11.5 Å². The third-order valence-corrected chi connectivity index (χ3v) is 4.22. The zero-order valence-corrected chi connectivity index (χ0v) is 13.8. The largest absolute Gasteiger partial charge is 0.480 e. The molecule has 0 aromatic heterocycles. The molecule has 122 valence electrons. The molecular weight excluding hydrogens is 268 g/mol. The summed E-state index contributed by atoms with van der Waals surface area (Å²) in [4.78, 5) is 24.7. The van der Waals surface area contributed by atoms with E-state index in [1.807, 2.05) is 20.8 Å². The smallest absolute Gasteiger partial charge is 0.323 e. The van der Waals surface area contributed by atoms with Crippen molar-refractivity contribution in [2.24, 2.45) is 5.92 Å². The van der Waals surface area contributed by atoms with E-state index in [2.05, 4.69) is 12.2 Å². The van der Waals surface area contributed by atoms with Gasteiger partial charge in [-0.2, -0.15) is 0 Å². The van der Waals surface area contributed by atoms with Crippen LogP contribution in [0.5, 0.6) is 0 Å². The minimum absolute atomic E-state index is 0.184. The topological polar surface area (TPSA) is 69.6 Å². The summed E-state index contributed by atoms with van der Waals surface area (Å²) in [6.07, 6.45) is 6.81. The Labute approximate surface area is 128 Å². The van der Waals surface area contributed by atoms with Gasteiger partial charge in [0.1, 0.15) is 6.54 Å². The number of nitrogens with one attached hydrogen (secondary N) is 1. The van der Waals surface area contributed by atoms with Crippen LogP contribution in [0.2, 0.25) is 0 Å². The highest BCUT2D eigenvalue weighted by Gasteiger charge is 2.30. The Kier molecular flexibility index (Phi) is 6.49. The molecule has 0 radical (unpaired) electrons. The van der Waals surface area contributed by atoms with Gasteiger partial charge in [-0.05, 0) is 52.4 Å². The number of carboxylic acid groups (broad SMARTS) is 1. The number of amides is 2. The predicted molar refractivity (Wildman–Crippen MR) is 83.3 cm³/mol. The summed E-state index contributed by atoms with van der Waals surface area (Å²) in [5.41, 5.74) is -0.498. The van der Waals surface area contributed by atoms with Crippen LogP contribution in [0.15, 0.2) is 0 Å². The number of urea groups is 1. The Morgan fingerprint density at radius 1 is 1.19 bits per heavy atom. The van der Waals surface area contributed by atoms with Crippen molar-refractivity contribution in [1.82, 2.24) is 10.2 Å². The highest BCUT2D eigenvalue weighted by atomic mass is 16.4. The van der Waals surface area contributed by atoms with Gasteiger partial charge < -0.3 is 15.3 Å². The molecule has 1 saturated carbocycles. The Balaban J connectivity index is 2.53. The maximum absolute atomic E-state index is 12.4. The number of aliphatic carboxylic acids is 1. The Hall–Kier alpha value is -1.26. The van der Waals surface area contributed by atoms with Crippen LogP contribution in [0.3, 0.4) is 0 Å². The van der Waals surface area contributed by atoms with E-state index in [9.17, 15) is 9.59 Å². The minimum Gasteiger partial charge on any atom is -0.480 e. The predicted octanol–water partition coefficient (Wildman–Crippen LogP) is 3.24. The van der Waals surface area contributed by atoms with Gasteiger partial charge in [0.2, 0.25) is 0 Å². The number of carbonyl (C=O) groups is 2. The number of hydrogen-bond donors (Lipinski definition) is 2. The minimum atomic E-state index is -0.980. The van der Waals surface area contributed by atoms with Gasteiger partial charge >= 0.3 is 12.0 Å². The lowest BCUT2D eigenvalue weighted by Crippen LogP contribution is -2.54. The SMILES string of the molecule is CCCC1CCC(NC(=O)N(CC(=O)O)C(C)(C)C)CC1. The maximum Gasteiger partial charge on any atom is 0.323 e. The average molecular weight is 298 g/mol. The highest BCUT2D eigenvalue weighted by molar-refractivity contribution is 5.81. The fourth-order valence-electron chi connectivity index (χ4n) is 3.01. The second kappa shape index (κ2) is 7.66. The summed E-state index contributed by atoms with van der Waals surface area (Å²) in [6.45, 7) is 7.51. The van der Waals surface area contributed by atoms with Crippen molar-refractivity contribution in [3.05, 3.63) is 0 Å². The lowest BCUT2D eigenvalue weighted by Gasteiger charge is -2.37. The molecule has 0 spiro atoms. The molecule has 1 aliphatic carbocycles. The first kappa shape index (κ1) is 17.8. The van der Waals surface area contributed by atoms with Crippen LogP contribution >= 0.6 is 0 Å². The van der Waals surface area contributed by atoms with Gasteiger partial charge in [0.15, 0.2) is 0 Å². The standard InChI is InChI=1S/C16H30N2O3/c1-5-6-12-7-9-13(10-8-12)17-15(21)18(11-14(19)20)16(2,3)4/h12-13H,5-11H2,1-4H3,(H,17,21)(H,19,20). The van der Waals surface area contributed by atoms with Gasteiger partial charge in [-0.3, -0.25) is 4.79 Å². The Morgan fingerprint density at radius 2 is 1.76 bits per heavy atom. The molecule has 1 aliphatic rings. The van der Waals surface area contributed by atoms with Crippen molar-refractivity contribution in [3.8, 4) is 0 Å². The summed E-state index contributed by atoms with van der Waals surface area (Å²) < 4.78 is 0. The Bertz CT molecular complexity index is 355. The van der Waals surface area contributed by atoms with Gasteiger partial charge in [0.05, 0.1) is 0 Å². The molecule has 0 heterocycles. The van der Waals surface area contributed by atoms with E-state index in [-0.39, 0.29) is 18.6 Å². The molecule has 0 atom stereocenters. The van der Waals surface area contributed by atoms with E-state index in [4.69, 9.17) is 5.11 Å². The molecule has 1 fully saturated rings. The fraction of sp³-hybridized carbons (Fsp3) is 0.875. The third kappa shape index (κ3) is 5.94. The van der Waals surface area contributed by atoms with Crippen LogP contribution in [0.1, 0.15) is 66.2 Å². The van der Waals surface area contributed by atoms with Crippen LogP contribution in [-0.4, -0.2) is 40.1 Å². The normalized spacial score (nSPS) is 22.7. The number of nitrogens with zero attached hydrogens (tertiary/aromatic N) is 1. The van der Waals surface area contributed by atoms with E-state index in [1.54, 1.807) is 0 Å². The Morgan fingerprint density at radius 3 is 2.19 bits per heavy atom. The summed E-state index contributed by atoms with van der Waals surface area (Å²) in [5, 5.41) is 12.0. The molecule has 0 saturated heterocycles. The maximum atomic E-state index is 12.4. The summed E-state index contributed by atoms with van der Waals surface area (Å²) in [7, 11) is 0. The zero-order chi connectivity index (χ0) is 16.0. The van der Waals surface area contributed by atoms with Gasteiger partial charge in [-0.25, -0.2) is 4.79 Å². The van der Waals surface area contributed by atoms with E-state index >= 15 is 0 Å². The van der Waals surface area contributed by atoms with Crippen molar-refractivity contribution >= 4 is 12.0 Å². The van der Waals surface area contributed by atoms with Crippen molar-refractivity contribution in [1.29, 1.82) is 0 Å². The molecule has 1 rings (SSSR count). The monoisotopic (exact) mass is 298 g/mol. The molecule has 0 aromatic rings. The lowest BCUT2D eigenvalue weighted by molar-refractivity contribution is -0.138. The quantitative estimate of drug-likeness (QED) is 0.818. The molecule has 0 aliphatic heterocycles. The van der Waals surface area contributed by atoms with Gasteiger partial charge in [-0.15, -0.1) is 0 Å². The van der Waals surface area contributed by atoms with E-state index in [0.717, 1.165) is 31.6 Å². The number of carbonyl (C=O) groups excluding carboxylic acids is 1. The van der Waals surface area contributed by atoms with Crippen LogP contribution in [0.25, 0.3) is 0 Å². The molecule has 2 N–H and O–H groups in total. The molecular formula is C16H30N2O3. The van der Waals surface area contributed by atoms with Crippen molar-refractivity contribution in [2.75, 3.05) is 6.54 Å². The van der Waals surface area contributed by atoms with Crippen LogP contribution in [0, 0.1) is 5.92 Å². The van der Waals surface area contributed by atoms with Crippen LogP contribution < -0.4 is 5.32 Å². The van der Waals surface area contributed by atoms with E-state index in [1.165, 1.54) is 17.7 Å². The van der Waals surface area contributed by atoms with Crippen molar-refractivity contribution in [2.45, 2.75) is 77.8 Å². The molecule has 0 aromatic carbocycles. The van der Waals surface area contributed by atoms with Crippen LogP contribution in [-0.2, 0) is 4.79 Å². The first-order valence-electron chi connectivity index (χ1n) is 8.04. The lowest BCUT2D eigenvalue weighted by atomic mass is 9.83. The fourth-order valence-corrected chi connectivity index (χ4v) is 3.01. The average Bonchev–Trinajstić information content (AvgIpc) is 2.37. The number of rotatable bonds is 5. The molecule has 5 heteroatoms. The summed E-state index contributed by atoms with van der Waals surface area (Å²) >= 11 is 0. The van der Waals surface area contributed by atoms with Crippen molar-refractivity contribution < 1.29 is 14.7 Å². The van der Waals surface area contributed by atoms with E-state index in [0.29, 0.717) is 0 Å². The first-order valence-corrected chi connectivity index (χ1v) is 8.04. The molecule has 2 amide bonds. The summed E-state index contributed by atoms with van der Waals surface area (Å²) in [6, 6.07) is -0.0758. The molecule has 0 bridgehead atoms.